The maximum absolute atomic E-state index is 12.2. The van der Waals surface area contributed by atoms with Crippen LogP contribution in [0, 0.1) is 0 Å². The standard InChI is InChI=1S/C13H18N2O4/c1-3-15(9-8-12(17)18)13(19)14(2)10-4-6-11(16)7-5-10/h4-7,16H,3,8-9H2,1-2H3,(H,17,18). The van der Waals surface area contributed by atoms with Gasteiger partial charge in [0.1, 0.15) is 5.75 Å². The van der Waals surface area contributed by atoms with Crippen LogP contribution in [-0.4, -0.2) is 47.3 Å². The van der Waals surface area contributed by atoms with Crippen LogP contribution < -0.4 is 4.90 Å². The largest absolute Gasteiger partial charge is 0.508 e. The third-order valence-electron chi connectivity index (χ3n) is 2.77. The molecule has 0 atom stereocenters. The average Bonchev–Trinajstić information content (AvgIpc) is 2.39. The molecule has 0 aromatic heterocycles. The Balaban J connectivity index is 2.73. The molecule has 104 valence electrons. The molecule has 0 bridgehead atoms. The maximum atomic E-state index is 12.2. The summed E-state index contributed by atoms with van der Waals surface area (Å²) in [6, 6.07) is 5.96. The van der Waals surface area contributed by atoms with Gasteiger partial charge in [-0.25, -0.2) is 4.79 Å². The maximum Gasteiger partial charge on any atom is 0.324 e. The molecule has 6 nitrogen and oxygen atoms in total. The summed E-state index contributed by atoms with van der Waals surface area (Å²) in [6.07, 6.45) is -0.0804. The number of phenolic OH excluding ortho intramolecular Hbond substituents is 1. The highest BCUT2D eigenvalue weighted by Gasteiger charge is 2.18. The summed E-state index contributed by atoms with van der Waals surface area (Å²) >= 11 is 0. The monoisotopic (exact) mass is 266 g/mol. The van der Waals surface area contributed by atoms with E-state index in [2.05, 4.69) is 0 Å². The minimum Gasteiger partial charge on any atom is -0.508 e. The van der Waals surface area contributed by atoms with Gasteiger partial charge in [0.2, 0.25) is 0 Å². The topological polar surface area (TPSA) is 81.1 Å². The normalized spacial score (nSPS) is 10.0. The Morgan fingerprint density at radius 3 is 2.26 bits per heavy atom. The van der Waals surface area contributed by atoms with E-state index in [1.807, 2.05) is 0 Å². The van der Waals surface area contributed by atoms with E-state index in [0.29, 0.717) is 12.2 Å². The molecule has 0 heterocycles. The van der Waals surface area contributed by atoms with Crippen molar-refractivity contribution >= 4 is 17.7 Å². The fourth-order valence-electron chi connectivity index (χ4n) is 1.62. The lowest BCUT2D eigenvalue weighted by atomic mass is 10.3. The second-order valence-corrected chi connectivity index (χ2v) is 4.08. The van der Waals surface area contributed by atoms with Crippen molar-refractivity contribution in [3.05, 3.63) is 24.3 Å². The first kappa shape index (κ1) is 14.8. The molecule has 2 N–H and O–H groups in total. The first-order chi connectivity index (χ1) is 8.95. The van der Waals surface area contributed by atoms with Crippen molar-refractivity contribution in [1.29, 1.82) is 0 Å². The number of hydrogen-bond donors (Lipinski definition) is 2. The highest BCUT2D eigenvalue weighted by molar-refractivity contribution is 5.91. The lowest BCUT2D eigenvalue weighted by molar-refractivity contribution is -0.137. The summed E-state index contributed by atoms with van der Waals surface area (Å²) in [5.41, 5.74) is 0.636. The Morgan fingerprint density at radius 1 is 1.21 bits per heavy atom. The molecule has 0 radical (unpaired) electrons. The van der Waals surface area contributed by atoms with Gasteiger partial charge >= 0.3 is 12.0 Å². The third kappa shape index (κ3) is 4.17. The van der Waals surface area contributed by atoms with Crippen LogP contribution in [0.25, 0.3) is 0 Å². The SMILES string of the molecule is CCN(CCC(=O)O)C(=O)N(C)c1ccc(O)cc1. The van der Waals surface area contributed by atoms with E-state index >= 15 is 0 Å². The number of amides is 2. The summed E-state index contributed by atoms with van der Waals surface area (Å²) < 4.78 is 0. The molecule has 1 aromatic rings. The number of phenols is 1. The number of nitrogens with zero attached hydrogens (tertiary/aromatic N) is 2. The van der Waals surface area contributed by atoms with Gasteiger partial charge in [-0.1, -0.05) is 0 Å². The Labute approximate surface area is 111 Å². The molecule has 0 saturated heterocycles. The molecule has 6 heteroatoms. The second-order valence-electron chi connectivity index (χ2n) is 4.08. The average molecular weight is 266 g/mol. The predicted molar refractivity (Wildman–Crippen MR) is 71.4 cm³/mol. The fraction of sp³-hybridized carbons (Fsp3) is 0.385. The molecule has 2 amide bonds. The Bertz CT molecular complexity index is 444. The fourth-order valence-corrected chi connectivity index (χ4v) is 1.62. The molecule has 0 aliphatic rings. The number of benzene rings is 1. The van der Waals surface area contributed by atoms with Crippen LogP contribution >= 0.6 is 0 Å². The number of carbonyl (C=O) groups is 2. The van der Waals surface area contributed by atoms with Crippen molar-refractivity contribution in [2.24, 2.45) is 0 Å². The zero-order chi connectivity index (χ0) is 14.4. The molecule has 1 rings (SSSR count). The van der Waals surface area contributed by atoms with E-state index in [0.717, 1.165) is 0 Å². The number of anilines is 1. The van der Waals surface area contributed by atoms with Gasteiger partial charge in [-0.05, 0) is 31.2 Å². The number of carbonyl (C=O) groups excluding carboxylic acids is 1. The lowest BCUT2D eigenvalue weighted by Crippen LogP contribution is -2.42. The number of aromatic hydroxyl groups is 1. The number of carboxylic acid groups (broad SMARTS) is 1. The van der Waals surface area contributed by atoms with Gasteiger partial charge in [-0.2, -0.15) is 0 Å². The first-order valence-electron chi connectivity index (χ1n) is 5.99. The lowest BCUT2D eigenvalue weighted by Gasteiger charge is -2.26. The number of urea groups is 1. The Kier molecular flexibility index (Phi) is 5.17. The van der Waals surface area contributed by atoms with Gasteiger partial charge in [0.05, 0.1) is 6.42 Å². The molecular weight excluding hydrogens is 248 g/mol. The summed E-state index contributed by atoms with van der Waals surface area (Å²) in [6.45, 7) is 2.41. The highest BCUT2D eigenvalue weighted by Crippen LogP contribution is 2.18. The molecule has 0 aliphatic heterocycles. The molecule has 0 aliphatic carbocycles. The van der Waals surface area contributed by atoms with Crippen LogP contribution in [-0.2, 0) is 4.79 Å². The zero-order valence-electron chi connectivity index (χ0n) is 11.0. The summed E-state index contributed by atoms with van der Waals surface area (Å²) in [5, 5.41) is 17.8. The molecule has 0 saturated carbocycles. The molecule has 19 heavy (non-hydrogen) atoms. The van der Waals surface area contributed by atoms with Crippen LogP contribution in [0.4, 0.5) is 10.5 Å². The molecular formula is C13H18N2O4. The van der Waals surface area contributed by atoms with Gasteiger partial charge in [0.25, 0.3) is 0 Å². The van der Waals surface area contributed by atoms with Crippen molar-refractivity contribution < 1.29 is 19.8 Å². The van der Waals surface area contributed by atoms with E-state index < -0.39 is 5.97 Å². The van der Waals surface area contributed by atoms with Crippen LogP contribution in [0.15, 0.2) is 24.3 Å². The Morgan fingerprint density at radius 2 is 1.79 bits per heavy atom. The van der Waals surface area contributed by atoms with Crippen LogP contribution in [0.2, 0.25) is 0 Å². The number of rotatable bonds is 5. The van der Waals surface area contributed by atoms with E-state index in [-0.39, 0.29) is 24.7 Å². The predicted octanol–water partition coefficient (Wildman–Crippen LogP) is 1.74. The van der Waals surface area contributed by atoms with Gasteiger partial charge in [0.15, 0.2) is 0 Å². The summed E-state index contributed by atoms with van der Waals surface area (Å²) in [5.74, 6) is -0.804. The van der Waals surface area contributed by atoms with Gasteiger partial charge in [-0.15, -0.1) is 0 Å². The van der Waals surface area contributed by atoms with Crippen LogP contribution in [0.3, 0.4) is 0 Å². The molecule has 0 spiro atoms. The highest BCUT2D eigenvalue weighted by atomic mass is 16.4. The minimum atomic E-state index is -0.932. The quantitative estimate of drug-likeness (QED) is 0.850. The number of carboxylic acids is 1. The van der Waals surface area contributed by atoms with Crippen molar-refractivity contribution in [2.45, 2.75) is 13.3 Å². The van der Waals surface area contributed by atoms with Crippen molar-refractivity contribution in [1.82, 2.24) is 4.90 Å². The zero-order valence-corrected chi connectivity index (χ0v) is 11.0. The second kappa shape index (κ2) is 6.63. The molecule has 0 unspecified atom stereocenters. The van der Waals surface area contributed by atoms with E-state index in [9.17, 15) is 14.7 Å². The molecule has 0 fully saturated rings. The van der Waals surface area contributed by atoms with Gasteiger partial charge in [-0.3, -0.25) is 9.69 Å². The minimum absolute atomic E-state index is 0.0804. The summed E-state index contributed by atoms with van der Waals surface area (Å²) in [4.78, 5) is 25.6. The Hall–Kier alpha value is -2.24. The first-order valence-corrected chi connectivity index (χ1v) is 5.99. The van der Waals surface area contributed by atoms with Crippen LogP contribution in [0.1, 0.15) is 13.3 Å². The van der Waals surface area contributed by atoms with E-state index in [1.165, 1.54) is 21.9 Å². The number of aliphatic carboxylic acids is 1. The third-order valence-corrected chi connectivity index (χ3v) is 2.77. The van der Waals surface area contributed by atoms with E-state index in [4.69, 9.17) is 5.11 Å². The summed E-state index contributed by atoms with van der Waals surface area (Å²) in [7, 11) is 1.61. The number of hydrogen-bond acceptors (Lipinski definition) is 3. The van der Waals surface area contributed by atoms with Gasteiger partial charge < -0.3 is 15.1 Å². The van der Waals surface area contributed by atoms with Crippen molar-refractivity contribution in [3.63, 3.8) is 0 Å². The smallest absolute Gasteiger partial charge is 0.324 e. The van der Waals surface area contributed by atoms with Crippen molar-refractivity contribution in [2.75, 3.05) is 25.0 Å². The van der Waals surface area contributed by atoms with Crippen molar-refractivity contribution in [3.8, 4) is 5.75 Å². The van der Waals surface area contributed by atoms with Gasteiger partial charge in [0, 0.05) is 25.8 Å². The van der Waals surface area contributed by atoms with Crippen LogP contribution in [0.5, 0.6) is 5.75 Å². The molecule has 1 aromatic carbocycles. The van der Waals surface area contributed by atoms with E-state index in [1.54, 1.807) is 26.1 Å².